The predicted octanol–water partition coefficient (Wildman–Crippen LogP) is 3.08. The fourth-order valence-corrected chi connectivity index (χ4v) is 2.20. The highest BCUT2D eigenvalue weighted by Gasteiger charge is 2.18. The lowest BCUT2D eigenvalue weighted by atomic mass is 9.97. The maximum atomic E-state index is 13.3. The predicted molar refractivity (Wildman–Crippen MR) is 74.5 cm³/mol. The lowest BCUT2D eigenvalue weighted by molar-refractivity contribution is 0.145. The summed E-state index contributed by atoms with van der Waals surface area (Å²) in [5, 5.41) is 10.4. The van der Waals surface area contributed by atoms with E-state index < -0.39 is 18.0 Å². The molecule has 0 aliphatic heterocycles. The average Bonchev–Trinajstić information content (AvgIpc) is 2.37. The van der Waals surface area contributed by atoms with E-state index >= 15 is 0 Å². The number of hydrogen-bond acceptors (Lipinski definition) is 2. The quantitative estimate of drug-likeness (QED) is 0.903. The summed E-state index contributed by atoms with van der Waals surface area (Å²) < 4.78 is 13.3. The fourth-order valence-electron chi connectivity index (χ4n) is 1.97. The van der Waals surface area contributed by atoms with Crippen LogP contribution in [0.2, 0.25) is 5.02 Å². The molecule has 0 heterocycles. The summed E-state index contributed by atoms with van der Waals surface area (Å²) in [5.41, 5.74) is 7.42. The summed E-state index contributed by atoms with van der Waals surface area (Å²) in [5.74, 6) is -0.454. The summed E-state index contributed by atoms with van der Waals surface area (Å²) in [7, 11) is 0. The van der Waals surface area contributed by atoms with Crippen molar-refractivity contribution >= 4 is 11.6 Å². The zero-order valence-electron chi connectivity index (χ0n) is 10.3. The Bertz CT molecular complexity index is 527. The summed E-state index contributed by atoms with van der Waals surface area (Å²) in [4.78, 5) is 0. The summed E-state index contributed by atoms with van der Waals surface area (Å²) >= 11 is 5.78. The number of rotatable bonds is 4. The molecule has 2 atom stereocenters. The number of aliphatic hydroxyl groups excluding tert-OH is 1. The van der Waals surface area contributed by atoms with Crippen molar-refractivity contribution in [2.24, 2.45) is 5.73 Å². The zero-order valence-corrected chi connectivity index (χ0v) is 11.0. The first-order valence-electron chi connectivity index (χ1n) is 6.00. The molecule has 0 spiro atoms. The molecule has 4 heteroatoms. The first kappa shape index (κ1) is 14.0. The third-order valence-corrected chi connectivity index (χ3v) is 3.19. The zero-order chi connectivity index (χ0) is 13.8. The smallest absolute Gasteiger partial charge is 0.125 e. The Morgan fingerprint density at radius 1 is 1.16 bits per heavy atom. The number of benzene rings is 2. The Morgan fingerprint density at radius 3 is 2.47 bits per heavy atom. The van der Waals surface area contributed by atoms with Crippen LogP contribution in [0.25, 0.3) is 0 Å². The average molecular weight is 280 g/mol. The molecule has 0 aliphatic rings. The van der Waals surface area contributed by atoms with Crippen LogP contribution in [0.4, 0.5) is 4.39 Å². The van der Waals surface area contributed by atoms with E-state index in [1.807, 2.05) is 30.3 Å². The molecule has 2 nitrogen and oxygen atoms in total. The van der Waals surface area contributed by atoms with E-state index in [0.717, 1.165) is 5.56 Å². The monoisotopic (exact) mass is 279 g/mol. The van der Waals surface area contributed by atoms with Gasteiger partial charge in [0.2, 0.25) is 0 Å². The van der Waals surface area contributed by atoms with Crippen molar-refractivity contribution in [1.82, 2.24) is 0 Å². The molecule has 2 rings (SSSR count). The number of nitrogens with two attached hydrogens (primary N) is 1. The fraction of sp³-hybridized carbons (Fsp3) is 0.200. The van der Waals surface area contributed by atoms with Gasteiger partial charge in [-0.15, -0.1) is 0 Å². The van der Waals surface area contributed by atoms with Gasteiger partial charge in [0.25, 0.3) is 0 Å². The molecule has 0 bridgehead atoms. The van der Waals surface area contributed by atoms with E-state index in [0.29, 0.717) is 12.0 Å². The minimum absolute atomic E-state index is 0.275. The molecular formula is C15H15ClFNO. The third-order valence-electron chi connectivity index (χ3n) is 2.97. The molecule has 0 amide bonds. The Balaban J connectivity index is 2.12. The summed E-state index contributed by atoms with van der Waals surface area (Å²) in [6.07, 6.45) is -0.379. The van der Waals surface area contributed by atoms with Crippen LogP contribution in [0.1, 0.15) is 17.2 Å². The van der Waals surface area contributed by atoms with Crippen molar-refractivity contribution < 1.29 is 9.50 Å². The second kappa shape index (κ2) is 6.15. The van der Waals surface area contributed by atoms with Crippen LogP contribution >= 0.6 is 11.6 Å². The number of hydrogen-bond donors (Lipinski definition) is 2. The van der Waals surface area contributed by atoms with Crippen molar-refractivity contribution in [2.75, 3.05) is 0 Å². The molecule has 0 unspecified atom stereocenters. The van der Waals surface area contributed by atoms with Crippen molar-refractivity contribution in [3.8, 4) is 0 Å². The van der Waals surface area contributed by atoms with Crippen LogP contribution in [-0.2, 0) is 6.42 Å². The Kier molecular flexibility index (Phi) is 4.53. The molecule has 0 radical (unpaired) electrons. The second-order valence-electron chi connectivity index (χ2n) is 4.49. The minimum Gasteiger partial charge on any atom is -0.391 e. The van der Waals surface area contributed by atoms with Gasteiger partial charge in [0.05, 0.1) is 12.1 Å². The van der Waals surface area contributed by atoms with Gasteiger partial charge in [-0.1, -0.05) is 41.9 Å². The summed E-state index contributed by atoms with van der Waals surface area (Å²) in [6, 6.07) is 12.9. The third kappa shape index (κ3) is 3.77. The Hall–Kier alpha value is -1.42. The Labute approximate surface area is 116 Å². The normalized spacial score (nSPS) is 14.1. The van der Waals surface area contributed by atoms with Crippen LogP contribution in [0.15, 0.2) is 48.5 Å². The largest absolute Gasteiger partial charge is 0.391 e. The molecule has 2 aromatic carbocycles. The van der Waals surface area contributed by atoms with Gasteiger partial charge in [0.1, 0.15) is 5.82 Å². The highest BCUT2D eigenvalue weighted by atomic mass is 35.5. The maximum Gasteiger partial charge on any atom is 0.125 e. The van der Waals surface area contributed by atoms with Crippen molar-refractivity contribution in [1.29, 1.82) is 0 Å². The van der Waals surface area contributed by atoms with Crippen LogP contribution < -0.4 is 5.73 Å². The number of halogens is 2. The minimum atomic E-state index is -0.791. The van der Waals surface area contributed by atoms with Gasteiger partial charge in [-0.05, 0) is 29.3 Å². The van der Waals surface area contributed by atoms with E-state index in [1.54, 1.807) is 6.07 Å². The Morgan fingerprint density at radius 2 is 1.84 bits per heavy atom. The van der Waals surface area contributed by atoms with Gasteiger partial charge >= 0.3 is 0 Å². The van der Waals surface area contributed by atoms with Crippen LogP contribution in [0, 0.1) is 5.82 Å². The number of aliphatic hydroxyl groups is 1. The molecule has 2 aromatic rings. The SMILES string of the molecule is N[C@H](c1cc(F)cc(Cl)c1)[C@@H](O)Cc1ccccc1. The van der Waals surface area contributed by atoms with Gasteiger partial charge in [-0.3, -0.25) is 0 Å². The van der Waals surface area contributed by atoms with Crippen LogP contribution in [0.5, 0.6) is 0 Å². The summed E-state index contributed by atoms with van der Waals surface area (Å²) in [6.45, 7) is 0. The van der Waals surface area contributed by atoms with Gasteiger partial charge < -0.3 is 10.8 Å². The molecule has 0 fully saturated rings. The van der Waals surface area contributed by atoms with Crippen molar-refractivity contribution in [3.05, 3.63) is 70.5 Å². The second-order valence-corrected chi connectivity index (χ2v) is 4.92. The van der Waals surface area contributed by atoms with Crippen molar-refractivity contribution in [2.45, 2.75) is 18.6 Å². The topological polar surface area (TPSA) is 46.2 Å². The van der Waals surface area contributed by atoms with E-state index in [2.05, 4.69) is 0 Å². The highest BCUT2D eigenvalue weighted by Crippen LogP contribution is 2.22. The van der Waals surface area contributed by atoms with E-state index in [1.165, 1.54) is 12.1 Å². The first-order valence-corrected chi connectivity index (χ1v) is 6.37. The first-order chi connectivity index (χ1) is 9.06. The van der Waals surface area contributed by atoms with Gasteiger partial charge in [-0.25, -0.2) is 4.39 Å². The van der Waals surface area contributed by atoms with E-state index in [4.69, 9.17) is 17.3 Å². The van der Waals surface area contributed by atoms with E-state index in [9.17, 15) is 9.50 Å². The lowest BCUT2D eigenvalue weighted by Gasteiger charge is -2.19. The molecule has 100 valence electrons. The molecule has 3 N–H and O–H groups in total. The molecule has 0 saturated heterocycles. The van der Waals surface area contributed by atoms with Crippen LogP contribution in [0.3, 0.4) is 0 Å². The maximum absolute atomic E-state index is 13.3. The lowest BCUT2D eigenvalue weighted by Crippen LogP contribution is -2.28. The van der Waals surface area contributed by atoms with E-state index in [-0.39, 0.29) is 5.02 Å². The molecule has 0 aromatic heterocycles. The van der Waals surface area contributed by atoms with Gasteiger partial charge in [0, 0.05) is 11.4 Å². The molecular weight excluding hydrogens is 265 g/mol. The van der Waals surface area contributed by atoms with Crippen molar-refractivity contribution in [3.63, 3.8) is 0 Å². The van der Waals surface area contributed by atoms with Gasteiger partial charge in [0.15, 0.2) is 0 Å². The molecule has 19 heavy (non-hydrogen) atoms. The highest BCUT2D eigenvalue weighted by molar-refractivity contribution is 6.30. The van der Waals surface area contributed by atoms with Crippen LogP contribution in [-0.4, -0.2) is 11.2 Å². The molecule has 0 saturated carbocycles. The standard InChI is InChI=1S/C15H15ClFNO/c16-12-7-11(8-13(17)9-12)15(18)14(19)6-10-4-2-1-3-5-10/h1-5,7-9,14-15,19H,6,18H2/t14-,15+/m0/s1. The van der Waals surface area contributed by atoms with Gasteiger partial charge in [-0.2, -0.15) is 0 Å². The molecule has 0 aliphatic carbocycles.